The molecule has 2 radical (unpaired) electrons. The van der Waals surface area contributed by atoms with Gasteiger partial charge in [0, 0.05) is 0 Å². The summed E-state index contributed by atoms with van der Waals surface area (Å²) in [4.78, 5) is 21.8. The molecule has 0 bridgehead atoms. The summed E-state index contributed by atoms with van der Waals surface area (Å²) < 4.78 is 0. The van der Waals surface area contributed by atoms with Crippen LogP contribution < -0.4 is 10.1 Å². The Labute approximate surface area is 79.2 Å². The molecule has 0 aromatic heterocycles. The normalized spacial score (nSPS) is 9.31. The Morgan fingerprint density at radius 2 is 1.69 bits per heavy atom. The Kier molecular flexibility index (Phi) is 3.39. The zero-order valence-electron chi connectivity index (χ0n) is 7.23. The molecule has 0 atom stereocenters. The predicted molar refractivity (Wildman–Crippen MR) is 52.3 cm³/mol. The maximum Gasteiger partial charge on any atom is 0.220 e. The lowest BCUT2D eigenvalue weighted by Gasteiger charge is -2.08. The molecule has 3 nitrogen and oxygen atoms in total. The van der Waals surface area contributed by atoms with Crippen molar-refractivity contribution in [1.29, 1.82) is 0 Å². The van der Waals surface area contributed by atoms with E-state index >= 15 is 0 Å². The summed E-state index contributed by atoms with van der Waals surface area (Å²) >= 11 is 0. The first-order chi connectivity index (χ1) is 6.31. The molecule has 66 valence electrons. The third-order valence-electron chi connectivity index (χ3n) is 1.68. The van der Waals surface area contributed by atoms with Gasteiger partial charge >= 0.3 is 0 Å². The fourth-order valence-corrected chi connectivity index (χ4v) is 1.45. The van der Waals surface area contributed by atoms with Crippen LogP contribution in [0.15, 0.2) is 24.3 Å². The maximum absolute atomic E-state index is 10.4. The monoisotopic (exact) mass is 191 g/mol. The average molecular weight is 191 g/mol. The number of carbonyl (C=O) groups excluding carboxylic acids is 2. The zero-order chi connectivity index (χ0) is 9.68. The number of hydrogen-bond donors (Lipinski definition) is 0. The van der Waals surface area contributed by atoms with Crippen LogP contribution in [-0.2, 0) is 9.59 Å². The van der Waals surface area contributed by atoms with Gasteiger partial charge in [-0.2, -0.15) is 0 Å². The summed E-state index contributed by atoms with van der Waals surface area (Å²) in [5, 5.41) is 1.21. The Morgan fingerprint density at radius 1 is 1.15 bits per heavy atom. The van der Waals surface area contributed by atoms with Crippen molar-refractivity contribution in [3.63, 3.8) is 0 Å². The third kappa shape index (κ3) is 2.25. The zero-order valence-corrected chi connectivity index (χ0v) is 8.23. The first-order valence-electron chi connectivity index (χ1n) is 3.78. The van der Waals surface area contributed by atoms with Gasteiger partial charge in [0.25, 0.3) is 0 Å². The molecule has 0 N–H and O–H groups in total. The van der Waals surface area contributed by atoms with E-state index in [1.807, 2.05) is 12.1 Å². The first kappa shape index (κ1) is 9.66. The Hall–Kier alpha value is -1.42. The molecule has 0 fully saturated rings. The van der Waals surface area contributed by atoms with E-state index in [2.05, 4.69) is 6.55 Å². The second-order valence-corrected chi connectivity index (χ2v) is 3.49. The van der Waals surface area contributed by atoms with E-state index in [4.69, 9.17) is 0 Å². The van der Waals surface area contributed by atoms with E-state index in [0.717, 1.165) is 14.4 Å². The van der Waals surface area contributed by atoms with Gasteiger partial charge in [-0.05, 0) is 12.1 Å². The molecule has 0 unspecified atom stereocenters. The van der Waals surface area contributed by atoms with Crippen LogP contribution in [0.25, 0.3) is 0 Å². The van der Waals surface area contributed by atoms with Crippen LogP contribution in [0, 0.1) is 0 Å². The molecule has 1 aromatic rings. The SMILES string of the molecule is C[Si]c1ccc(N(C=O)C=O)cc1. The minimum atomic E-state index is 0.496. The highest BCUT2D eigenvalue weighted by Crippen LogP contribution is 2.07. The lowest BCUT2D eigenvalue weighted by molar-refractivity contribution is -0.113. The number of benzene rings is 1. The molecule has 4 heteroatoms. The van der Waals surface area contributed by atoms with Gasteiger partial charge in [0.1, 0.15) is 0 Å². The van der Waals surface area contributed by atoms with Crippen molar-refractivity contribution in [3.8, 4) is 0 Å². The van der Waals surface area contributed by atoms with Crippen LogP contribution in [0.3, 0.4) is 0 Å². The Bertz CT molecular complexity index is 289. The number of hydrogen-bond acceptors (Lipinski definition) is 2. The quantitative estimate of drug-likeness (QED) is 0.503. The highest BCUT2D eigenvalue weighted by Gasteiger charge is 2.01. The van der Waals surface area contributed by atoms with E-state index in [1.165, 1.54) is 5.19 Å². The first-order valence-corrected chi connectivity index (χ1v) is 5.28. The number of imide groups is 1. The van der Waals surface area contributed by atoms with E-state index in [9.17, 15) is 9.59 Å². The largest absolute Gasteiger partial charge is 0.278 e. The molecule has 1 rings (SSSR count). The summed E-state index contributed by atoms with van der Waals surface area (Å²) in [5.41, 5.74) is 0.604. The average Bonchev–Trinajstić information content (AvgIpc) is 2.21. The van der Waals surface area contributed by atoms with Crippen LogP contribution in [0.4, 0.5) is 5.69 Å². The van der Waals surface area contributed by atoms with E-state index in [-0.39, 0.29) is 0 Å². The number of rotatable bonds is 4. The van der Waals surface area contributed by atoms with Gasteiger partial charge in [-0.3, -0.25) is 14.5 Å². The molecule has 0 aliphatic rings. The molecule has 0 spiro atoms. The van der Waals surface area contributed by atoms with Crippen molar-refractivity contribution in [3.05, 3.63) is 24.3 Å². The van der Waals surface area contributed by atoms with Gasteiger partial charge in [-0.25, -0.2) is 0 Å². The Morgan fingerprint density at radius 3 is 2.08 bits per heavy atom. The van der Waals surface area contributed by atoms with Crippen LogP contribution in [0.2, 0.25) is 6.55 Å². The summed E-state index contributed by atoms with van der Waals surface area (Å²) in [7, 11) is 0.726. The molecule has 1 aromatic carbocycles. The molecule has 2 amide bonds. The second kappa shape index (κ2) is 4.57. The van der Waals surface area contributed by atoms with Crippen molar-refractivity contribution in [1.82, 2.24) is 0 Å². The lowest BCUT2D eigenvalue weighted by atomic mass is 10.3. The van der Waals surface area contributed by atoms with Crippen molar-refractivity contribution in [2.75, 3.05) is 4.90 Å². The fraction of sp³-hybridized carbons (Fsp3) is 0.111. The minimum absolute atomic E-state index is 0.496. The standard InChI is InChI=1S/C9H9NO2Si/c1-13-9-4-2-8(3-5-9)10(6-11)7-12/h2-7H,1H3. The smallest absolute Gasteiger partial charge is 0.220 e. The lowest BCUT2D eigenvalue weighted by Crippen LogP contribution is -2.19. The van der Waals surface area contributed by atoms with Crippen LogP contribution >= 0.6 is 0 Å². The van der Waals surface area contributed by atoms with Gasteiger partial charge in [0.15, 0.2) is 0 Å². The predicted octanol–water partition coefficient (Wildman–Crippen LogP) is 0.183. The van der Waals surface area contributed by atoms with E-state index in [0.29, 0.717) is 18.5 Å². The van der Waals surface area contributed by atoms with Crippen LogP contribution in [0.1, 0.15) is 0 Å². The van der Waals surface area contributed by atoms with Gasteiger partial charge in [-0.1, -0.05) is 23.9 Å². The number of amides is 2. The van der Waals surface area contributed by atoms with E-state index in [1.54, 1.807) is 12.1 Å². The molecule has 0 saturated heterocycles. The Balaban J connectivity index is 2.90. The maximum atomic E-state index is 10.4. The number of nitrogens with zero attached hydrogens (tertiary/aromatic N) is 1. The highest BCUT2D eigenvalue weighted by atomic mass is 28.2. The molecule has 0 aliphatic heterocycles. The topological polar surface area (TPSA) is 37.4 Å². The van der Waals surface area contributed by atoms with Crippen LogP contribution in [-0.4, -0.2) is 22.3 Å². The van der Waals surface area contributed by atoms with Gasteiger partial charge in [0.2, 0.25) is 12.8 Å². The number of anilines is 1. The molecule has 13 heavy (non-hydrogen) atoms. The summed E-state index contributed by atoms with van der Waals surface area (Å²) in [6, 6.07) is 7.34. The third-order valence-corrected chi connectivity index (χ3v) is 2.59. The molecule has 0 aliphatic carbocycles. The number of carbonyl (C=O) groups is 2. The summed E-state index contributed by atoms with van der Waals surface area (Å²) in [6.07, 6.45) is 0.993. The molecular weight excluding hydrogens is 182 g/mol. The van der Waals surface area contributed by atoms with E-state index < -0.39 is 0 Å². The summed E-state index contributed by atoms with van der Waals surface area (Å²) in [6.45, 7) is 2.08. The van der Waals surface area contributed by atoms with Crippen LogP contribution in [0.5, 0.6) is 0 Å². The summed E-state index contributed by atoms with van der Waals surface area (Å²) in [5.74, 6) is 0. The molecular formula is C9H9NO2Si. The van der Waals surface area contributed by atoms with Gasteiger partial charge in [0.05, 0.1) is 15.2 Å². The molecule has 0 saturated carbocycles. The highest BCUT2D eigenvalue weighted by molar-refractivity contribution is 6.51. The van der Waals surface area contributed by atoms with Gasteiger partial charge in [-0.15, -0.1) is 0 Å². The second-order valence-electron chi connectivity index (χ2n) is 2.41. The fourth-order valence-electron chi connectivity index (χ4n) is 0.947. The van der Waals surface area contributed by atoms with Crippen molar-refractivity contribution in [2.45, 2.75) is 6.55 Å². The van der Waals surface area contributed by atoms with Crippen molar-refractivity contribution < 1.29 is 9.59 Å². The van der Waals surface area contributed by atoms with Gasteiger partial charge < -0.3 is 0 Å². The molecule has 0 heterocycles. The minimum Gasteiger partial charge on any atom is -0.278 e. The van der Waals surface area contributed by atoms with Crippen molar-refractivity contribution in [2.24, 2.45) is 0 Å². The van der Waals surface area contributed by atoms with Crippen molar-refractivity contribution >= 4 is 33.2 Å².